The van der Waals surface area contributed by atoms with Crippen molar-refractivity contribution in [3.63, 3.8) is 0 Å². The van der Waals surface area contributed by atoms with E-state index in [-0.39, 0.29) is 0 Å². The number of aryl methyl sites for hydroxylation is 1. The molecule has 0 N–H and O–H groups in total. The first-order valence-corrected chi connectivity index (χ1v) is 20.9. The number of anilines is 3. The lowest BCUT2D eigenvalue weighted by Gasteiger charge is -2.26. The van der Waals surface area contributed by atoms with Crippen molar-refractivity contribution in [2.75, 3.05) is 4.90 Å². The number of fused-ring (bicyclic) bond motifs is 4. The summed E-state index contributed by atoms with van der Waals surface area (Å²) in [6.45, 7) is 2.14. The lowest BCUT2D eigenvalue weighted by molar-refractivity contribution is 0.629. The van der Waals surface area contributed by atoms with Gasteiger partial charge >= 0.3 is 0 Å². The highest BCUT2D eigenvalue weighted by Gasteiger charge is 2.16. The van der Waals surface area contributed by atoms with Gasteiger partial charge < -0.3 is 9.32 Å². The van der Waals surface area contributed by atoms with Gasteiger partial charge in [-0.05, 0) is 128 Å². The second kappa shape index (κ2) is 15.3. The zero-order valence-corrected chi connectivity index (χ0v) is 33.8. The quantitative estimate of drug-likeness (QED) is 0.143. The Balaban J connectivity index is 0.932. The summed E-state index contributed by atoms with van der Waals surface area (Å²) in [5, 5.41) is 6.23. The molecule has 1 heterocycles. The van der Waals surface area contributed by atoms with Gasteiger partial charge in [-0.2, -0.15) is 0 Å². The Morgan fingerprint density at radius 1 is 0.295 bits per heavy atom. The van der Waals surface area contributed by atoms with E-state index in [9.17, 15) is 0 Å². The number of para-hydroxylation sites is 1. The predicted molar refractivity (Wildman–Crippen MR) is 258 cm³/mol. The third-order valence-corrected chi connectivity index (χ3v) is 12.1. The number of hydrogen-bond donors (Lipinski definition) is 0. The number of nitrogens with zero attached hydrogens (tertiary/aromatic N) is 1. The molecule has 2 nitrogen and oxygen atoms in total. The summed E-state index contributed by atoms with van der Waals surface area (Å²) >= 11 is 0. The molecule has 0 saturated carbocycles. The van der Waals surface area contributed by atoms with Crippen LogP contribution in [0.4, 0.5) is 17.1 Å². The van der Waals surface area contributed by atoms with E-state index in [4.69, 9.17) is 4.42 Å². The van der Waals surface area contributed by atoms with Gasteiger partial charge in [0.2, 0.25) is 0 Å². The van der Waals surface area contributed by atoms with Crippen LogP contribution in [0.5, 0.6) is 0 Å². The highest BCUT2D eigenvalue weighted by Crippen LogP contribution is 2.40. The Kier molecular flexibility index (Phi) is 9.09. The van der Waals surface area contributed by atoms with Gasteiger partial charge in [-0.1, -0.05) is 176 Å². The second-order valence-corrected chi connectivity index (χ2v) is 15.8. The standard InChI is InChI=1S/C59H41NO/c1-40-55-15-7-8-17-58(55)61-59(40)51-14-9-13-48(39-51)45-26-33-53(34-27-45)60(52-31-24-44(25-32-52)43-20-18-42(19-21-43)41-10-3-2-4-11-41)54-35-28-46(29-36-54)49-30-37-57-50(38-49)23-22-47-12-5-6-16-56(47)57/h2-39H,1H3. The lowest BCUT2D eigenvalue weighted by Crippen LogP contribution is -2.09. The molecule has 61 heavy (non-hydrogen) atoms. The Morgan fingerprint density at radius 3 is 1.34 bits per heavy atom. The minimum absolute atomic E-state index is 0.915. The van der Waals surface area contributed by atoms with E-state index in [1.807, 2.05) is 12.1 Å². The van der Waals surface area contributed by atoms with Crippen molar-refractivity contribution in [2.24, 2.45) is 0 Å². The third-order valence-electron chi connectivity index (χ3n) is 12.1. The van der Waals surface area contributed by atoms with Crippen molar-refractivity contribution in [1.82, 2.24) is 0 Å². The van der Waals surface area contributed by atoms with Crippen molar-refractivity contribution < 1.29 is 4.42 Å². The molecule has 0 aliphatic carbocycles. The van der Waals surface area contributed by atoms with Crippen LogP contribution in [0.1, 0.15) is 5.56 Å². The largest absolute Gasteiger partial charge is 0.456 e. The first kappa shape index (κ1) is 36.2. The smallest absolute Gasteiger partial charge is 0.138 e. The summed E-state index contributed by atoms with van der Waals surface area (Å²) in [7, 11) is 0. The fourth-order valence-electron chi connectivity index (χ4n) is 8.82. The molecule has 11 rings (SSSR count). The van der Waals surface area contributed by atoms with Gasteiger partial charge in [-0.25, -0.2) is 0 Å². The molecule has 0 spiro atoms. The number of furan rings is 1. The van der Waals surface area contributed by atoms with E-state index >= 15 is 0 Å². The monoisotopic (exact) mass is 779 g/mol. The molecule has 0 atom stereocenters. The SMILES string of the molecule is Cc1c(-c2cccc(-c3ccc(N(c4ccc(-c5ccc(-c6ccccc6)cc5)cc4)c4ccc(-c5ccc6c(ccc7ccccc76)c5)cc4)cc3)c2)oc2ccccc12. The molecular formula is C59H41NO. The van der Waals surface area contributed by atoms with Crippen LogP contribution in [0.15, 0.2) is 235 Å². The highest BCUT2D eigenvalue weighted by atomic mass is 16.3. The van der Waals surface area contributed by atoms with Crippen LogP contribution in [0, 0.1) is 6.92 Å². The minimum Gasteiger partial charge on any atom is -0.456 e. The predicted octanol–water partition coefficient (Wildman–Crippen LogP) is 16.9. The van der Waals surface area contributed by atoms with E-state index < -0.39 is 0 Å². The molecule has 0 unspecified atom stereocenters. The van der Waals surface area contributed by atoms with Gasteiger partial charge in [0.05, 0.1) is 0 Å². The minimum atomic E-state index is 0.915. The zero-order valence-electron chi connectivity index (χ0n) is 33.8. The van der Waals surface area contributed by atoms with Gasteiger partial charge in [-0.3, -0.25) is 0 Å². The van der Waals surface area contributed by atoms with E-state index in [1.54, 1.807) is 0 Å². The summed E-state index contributed by atoms with van der Waals surface area (Å²) in [6.07, 6.45) is 0. The molecule has 1 aromatic heterocycles. The lowest BCUT2D eigenvalue weighted by atomic mass is 9.97. The van der Waals surface area contributed by atoms with Crippen LogP contribution in [-0.2, 0) is 0 Å². The van der Waals surface area contributed by atoms with Gasteiger partial charge in [-0.15, -0.1) is 0 Å². The van der Waals surface area contributed by atoms with Crippen LogP contribution in [-0.4, -0.2) is 0 Å². The first-order chi connectivity index (χ1) is 30.1. The van der Waals surface area contributed by atoms with Crippen LogP contribution in [0.25, 0.3) is 88.3 Å². The summed E-state index contributed by atoms with van der Waals surface area (Å²) in [4.78, 5) is 2.34. The highest BCUT2D eigenvalue weighted by molar-refractivity contribution is 6.08. The number of rotatable bonds is 8. The van der Waals surface area contributed by atoms with E-state index in [0.29, 0.717) is 0 Å². The third kappa shape index (κ3) is 6.84. The Hall–Kier alpha value is -7.94. The second-order valence-electron chi connectivity index (χ2n) is 15.8. The van der Waals surface area contributed by atoms with Crippen molar-refractivity contribution in [1.29, 1.82) is 0 Å². The van der Waals surface area contributed by atoms with Crippen LogP contribution < -0.4 is 4.90 Å². The average Bonchev–Trinajstić information content (AvgIpc) is 3.68. The van der Waals surface area contributed by atoms with E-state index in [1.165, 1.54) is 54.9 Å². The fraction of sp³-hybridized carbons (Fsp3) is 0.0169. The zero-order chi connectivity index (χ0) is 40.7. The Labute approximate surface area is 356 Å². The number of hydrogen-bond acceptors (Lipinski definition) is 2. The maximum atomic E-state index is 6.35. The Bertz CT molecular complexity index is 3320. The van der Waals surface area contributed by atoms with Crippen LogP contribution in [0.3, 0.4) is 0 Å². The summed E-state index contributed by atoms with van der Waals surface area (Å²) in [5.41, 5.74) is 15.9. The summed E-state index contributed by atoms with van der Waals surface area (Å²) in [5.74, 6) is 0.919. The molecule has 0 bridgehead atoms. The summed E-state index contributed by atoms with van der Waals surface area (Å²) < 4.78 is 6.35. The van der Waals surface area contributed by atoms with Crippen molar-refractivity contribution in [2.45, 2.75) is 6.92 Å². The molecule has 0 aliphatic heterocycles. The molecule has 0 fully saturated rings. The molecule has 0 amide bonds. The molecule has 0 saturated heterocycles. The molecular weight excluding hydrogens is 739 g/mol. The molecule has 11 aromatic rings. The van der Waals surface area contributed by atoms with Crippen LogP contribution in [0.2, 0.25) is 0 Å². The molecule has 10 aromatic carbocycles. The van der Waals surface area contributed by atoms with Crippen molar-refractivity contribution in [3.05, 3.63) is 236 Å². The molecule has 0 aliphatic rings. The maximum Gasteiger partial charge on any atom is 0.138 e. The van der Waals surface area contributed by atoms with Gasteiger partial charge in [0.15, 0.2) is 0 Å². The molecule has 288 valence electrons. The van der Waals surface area contributed by atoms with Crippen LogP contribution >= 0.6 is 0 Å². The van der Waals surface area contributed by atoms with Crippen molar-refractivity contribution >= 4 is 49.6 Å². The normalized spacial score (nSPS) is 11.4. The first-order valence-electron chi connectivity index (χ1n) is 20.9. The molecule has 0 radical (unpaired) electrons. The maximum absolute atomic E-state index is 6.35. The van der Waals surface area contributed by atoms with E-state index in [0.717, 1.165) is 56.0 Å². The fourth-order valence-corrected chi connectivity index (χ4v) is 8.82. The van der Waals surface area contributed by atoms with Crippen molar-refractivity contribution in [3.8, 4) is 55.8 Å². The topological polar surface area (TPSA) is 16.4 Å². The van der Waals surface area contributed by atoms with Gasteiger partial charge in [0.1, 0.15) is 11.3 Å². The van der Waals surface area contributed by atoms with Gasteiger partial charge in [0.25, 0.3) is 0 Å². The van der Waals surface area contributed by atoms with Gasteiger partial charge in [0, 0.05) is 33.6 Å². The summed E-state index contributed by atoms with van der Waals surface area (Å²) in [6, 6.07) is 83.0. The number of benzene rings is 10. The van der Waals surface area contributed by atoms with E-state index in [2.05, 4.69) is 230 Å². The average molecular weight is 780 g/mol. The Morgan fingerprint density at radius 2 is 0.721 bits per heavy atom. The molecule has 2 heteroatoms.